The lowest BCUT2D eigenvalue weighted by molar-refractivity contribution is -0.116. The van der Waals surface area contributed by atoms with Crippen LogP contribution >= 0.6 is 11.3 Å². The van der Waals surface area contributed by atoms with Crippen molar-refractivity contribution in [3.05, 3.63) is 63.5 Å². The van der Waals surface area contributed by atoms with E-state index in [1.165, 1.54) is 23.7 Å². The van der Waals surface area contributed by atoms with Gasteiger partial charge in [-0.05, 0) is 24.6 Å². The normalized spacial score (nSPS) is 11.1. The van der Waals surface area contributed by atoms with E-state index in [0.29, 0.717) is 23.4 Å². The second-order valence-electron chi connectivity index (χ2n) is 5.60. The molecule has 1 aromatic carbocycles. The van der Waals surface area contributed by atoms with Crippen LogP contribution in [-0.2, 0) is 11.3 Å². The summed E-state index contributed by atoms with van der Waals surface area (Å²) in [4.78, 5) is 32.0. The third-order valence-corrected chi connectivity index (χ3v) is 4.66. The Morgan fingerprint density at radius 1 is 1.38 bits per heavy atom. The number of rotatable bonds is 7. The molecular formula is C19H19N3O3S. The second-order valence-corrected chi connectivity index (χ2v) is 6.72. The van der Waals surface area contributed by atoms with Gasteiger partial charge in [0, 0.05) is 16.5 Å². The van der Waals surface area contributed by atoms with Gasteiger partial charge in [-0.25, -0.2) is 4.98 Å². The molecule has 0 saturated carbocycles. The summed E-state index contributed by atoms with van der Waals surface area (Å²) in [5, 5.41) is 3.36. The van der Waals surface area contributed by atoms with Crippen molar-refractivity contribution in [2.45, 2.75) is 19.9 Å². The number of para-hydroxylation sites is 1. The Kier molecular flexibility index (Phi) is 5.80. The van der Waals surface area contributed by atoms with Crippen LogP contribution < -0.4 is 15.6 Å². The van der Waals surface area contributed by atoms with Gasteiger partial charge in [0.15, 0.2) is 0 Å². The van der Waals surface area contributed by atoms with E-state index in [1.807, 2.05) is 31.2 Å². The standard InChI is InChI=1S/C19H19N3O3S/c1-2-9-25-16-6-4-3-5-13(16)7-8-17(23)20-11-14-10-15-18(24)21-12-22-19(15)26-14/h3-8,10,12H,2,9,11H2,1H3,(H,20,23)(H,21,22,24)/b8-7+. The highest BCUT2D eigenvalue weighted by Gasteiger charge is 2.07. The highest BCUT2D eigenvalue weighted by atomic mass is 32.1. The third kappa shape index (κ3) is 4.37. The van der Waals surface area contributed by atoms with Gasteiger partial charge in [0.1, 0.15) is 10.6 Å². The number of hydrogen-bond donors (Lipinski definition) is 2. The van der Waals surface area contributed by atoms with Gasteiger partial charge < -0.3 is 15.0 Å². The molecule has 0 unspecified atom stereocenters. The number of H-pyrrole nitrogens is 1. The smallest absolute Gasteiger partial charge is 0.259 e. The molecular weight excluding hydrogens is 350 g/mol. The first-order valence-electron chi connectivity index (χ1n) is 8.31. The quantitative estimate of drug-likeness (QED) is 0.627. The van der Waals surface area contributed by atoms with E-state index in [1.54, 1.807) is 12.1 Å². The zero-order valence-electron chi connectivity index (χ0n) is 14.3. The molecule has 3 rings (SSSR count). The number of aromatic amines is 1. The second kappa shape index (κ2) is 8.44. The summed E-state index contributed by atoms with van der Waals surface area (Å²) < 4.78 is 5.67. The fourth-order valence-corrected chi connectivity index (χ4v) is 3.30. The summed E-state index contributed by atoms with van der Waals surface area (Å²) in [5.74, 6) is 0.544. The Hall–Kier alpha value is -2.93. The van der Waals surface area contributed by atoms with Crippen molar-refractivity contribution in [2.75, 3.05) is 6.61 Å². The van der Waals surface area contributed by atoms with Crippen molar-refractivity contribution in [3.63, 3.8) is 0 Å². The third-order valence-electron chi connectivity index (χ3n) is 3.62. The van der Waals surface area contributed by atoms with Gasteiger partial charge in [0.2, 0.25) is 5.91 Å². The molecule has 1 amide bonds. The number of fused-ring (bicyclic) bond motifs is 1. The number of carbonyl (C=O) groups excluding carboxylic acids is 1. The number of thiophene rings is 1. The van der Waals surface area contributed by atoms with Crippen LogP contribution in [0.15, 0.2) is 47.5 Å². The predicted octanol–water partition coefficient (Wildman–Crippen LogP) is 3.10. The van der Waals surface area contributed by atoms with Crippen LogP contribution in [0.1, 0.15) is 23.8 Å². The molecule has 3 aromatic rings. The average Bonchev–Trinajstić information content (AvgIpc) is 3.08. The molecule has 0 aliphatic heterocycles. The highest BCUT2D eigenvalue weighted by Crippen LogP contribution is 2.21. The predicted molar refractivity (Wildman–Crippen MR) is 103 cm³/mol. The minimum Gasteiger partial charge on any atom is -0.493 e. The van der Waals surface area contributed by atoms with Crippen molar-refractivity contribution in [1.29, 1.82) is 0 Å². The minimum absolute atomic E-state index is 0.174. The Labute approximate surface area is 154 Å². The Bertz CT molecular complexity index is 991. The molecule has 0 bridgehead atoms. The lowest BCUT2D eigenvalue weighted by Crippen LogP contribution is -2.19. The highest BCUT2D eigenvalue weighted by molar-refractivity contribution is 7.18. The van der Waals surface area contributed by atoms with Crippen LogP contribution in [0.4, 0.5) is 0 Å². The van der Waals surface area contributed by atoms with Crippen LogP contribution in [0.2, 0.25) is 0 Å². The van der Waals surface area contributed by atoms with Crippen LogP contribution in [0.25, 0.3) is 16.3 Å². The fraction of sp³-hybridized carbons (Fsp3) is 0.211. The van der Waals surface area contributed by atoms with Crippen molar-refractivity contribution < 1.29 is 9.53 Å². The van der Waals surface area contributed by atoms with Gasteiger partial charge in [0.05, 0.1) is 24.9 Å². The molecule has 26 heavy (non-hydrogen) atoms. The van der Waals surface area contributed by atoms with Crippen LogP contribution in [0.3, 0.4) is 0 Å². The molecule has 2 heterocycles. The van der Waals surface area contributed by atoms with Gasteiger partial charge in [-0.15, -0.1) is 11.3 Å². The number of nitrogens with one attached hydrogen (secondary N) is 2. The summed E-state index contributed by atoms with van der Waals surface area (Å²) in [6.45, 7) is 3.02. The van der Waals surface area contributed by atoms with Gasteiger partial charge in [-0.2, -0.15) is 0 Å². The van der Waals surface area contributed by atoms with Crippen molar-refractivity contribution >= 4 is 33.5 Å². The summed E-state index contributed by atoms with van der Waals surface area (Å²) >= 11 is 1.39. The van der Waals surface area contributed by atoms with Gasteiger partial charge >= 0.3 is 0 Å². The Balaban J connectivity index is 1.62. The zero-order chi connectivity index (χ0) is 18.4. The molecule has 0 aliphatic carbocycles. The summed E-state index contributed by atoms with van der Waals surface area (Å²) in [6, 6.07) is 9.34. The van der Waals surface area contributed by atoms with E-state index < -0.39 is 0 Å². The Morgan fingerprint density at radius 3 is 3.04 bits per heavy atom. The van der Waals surface area contributed by atoms with E-state index >= 15 is 0 Å². The molecule has 7 heteroatoms. The largest absolute Gasteiger partial charge is 0.493 e. The summed E-state index contributed by atoms with van der Waals surface area (Å²) in [6.07, 6.45) is 5.51. The minimum atomic E-state index is -0.213. The number of hydrogen-bond acceptors (Lipinski definition) is 5. The van der Waals surface area contributed by atoms with Crippen LogP contribution in [0.5, 0.6) is 5.75 Å². The average molecular weight is 369 g/mol. The lowest BCUT2D eigenvalue weighted by atomic mass is 10.2. The van der Waals surface area contributed by atoms with E-state index in [-0.39, 0.29) is 11.5 Å². The first kappa shape index (κ1) is 17.9. The molecule has 0 saturated heterocycles. The molecule has 134 valence electrons. The summed E-state index contributed by atoms with van der Waals surface area (Å²) in [5.41, 5.74) is 0.682. The van der Waals surface area contributed by atoms with Crippen molar-refractivity contribution in [2.24, 2.45) is 0 Å². The van der Waals surface area contributed by atoms with E-state index in [2.05, 4.69) is 15.3 Å². The monoisotopic (exact) mass is 369 g/mol. The van der Waals surface area contributed by atoms with E-state index in [4.69, 9.17) is 4.74 Å². The van der Waals surface area contributed by atoms with Gasteiger partial charge in [-0.3, -0.25) is 9.59 Å². The Morgan fingerprint density at radius 2 is 2.23 bits per heavy atom. The molecule has 0 aliphatic rings. The SMILES string of the molecule is CCCOc1ccccc1/C=C/C(=O)NCc1cc2c(=O)[nH]cnc2s1. The van der Waals surface area contributed by atoms with Gasteiger partial charge in [0.25, 0.3) is 5.56 Å². The number of carbonyl (C=O) groups is 1. The van der Waals surface area contributed by atoms with E-state index in [9.17, 15) is 9.59 Å². The molecule has 0 atom stereocenters. The van der Waals surface area contributed by atoms with Crippen molar-refractivity contribution in [1.82, 2.24) is 15.3 Å². The first-order chi connectivity index (χ1) is 12.7. The number of aromatic nitrogens is 2. The zero-order valence-corrected chi connectivity index (χ0v) is 15.1. The lowest BCUT2D eigenvalue weighted by Gasteiger charge is -2.07. The molecule has 2 aromatic heterocycles. The maximum absolute atomic E-state index is 12.1. The summed E-state index contributed by atoms with van der Waals surface area (Å²) in [7, 11) is 0. The fourth-order valence-electron chi connectivity index (χ4n) is 2.36. The first-order valence-corrected chi connectivity index (χ1v) is 9.13. The number of amides is 1. The van der Waals surface area contributed by atoms with Crippen LogP contribution in [0, 0.1) is 0 Å². The molecule has 0 spiro atoms. The maximum Gasteiger partial charge on any atom is 0.259 e. The number of ether oxygens (including phenoxy) is 1. The van der Waals surface area contributed by atoms with Crippen molar-refractivity contribution in [3.8, 4) is 5.75 Å². The van der Waals surface area contributed by atoms with E-state index in [0.717, 1.165) is 22.6 Å². The topological polar surface area (TPSA) is 84.1 Å². The van der Waals surface area contributed by atoms with Gasteiger partial charge in [-0.1, -0.05) is 25.1 Å². The molecule has 0 radical (unpaired) electrons. The number of benzene rings is 1. The molecule has 2 N–H and O–H groups in total. The number of nitrogens with zero attached hydrogens (tertiary/aromatic N) is 1. The maximum atomic E-state index is 12.1. The molecule has 6 nitrogen and oxygen atoms in total. The molecule has 0 fully saturated rings. The van der Waals surface area contributed by atoms with Crippen LogP contribution in [-0.4, -0.2) is 22.5 Å².